The first kappa shape index (κ1) is 22.2. The van der Waals surface area contributed by atoms with Crippen molar-refractivity contribution >= 4 is 22.6 Å². The van der Waals surface area contributed by atoms with Crippen LogP contribution in [0.25, 0.3) is 22.2 Å². The van der Waals surface area contributed by atoms with E-state index in [0.717, 1.165) is 59.2 Å². The van der Waals surface area contributed by atoms with Gasteiger partial charge in [0.15, 0.2) is 5.82 Å². The molecule has 0 radical (unpaired) electrons. The molecule has 2 heterocycles. The van der Waals surface area contributed by atoms with E-state index in [1.165, 1.54) is 0 Å². The number of amides is 1. The molecular weight excluding hydrogens is 426 g/mol. The lowest BCUT2D eigenvalue weighted by Gasteiger charge is -2.28. The summed E-state index contributed by atoms with van der Waals surface area (Å²) in [6.07, 6.45) is 6.36. The second kappa shape index (κ2) is 9.69. The van der Waals surface area contributed by atoms with E-state index < -0.39 is 0 Å². The Labute approximate surface area is 198 Å². The van der Waals surface area contributed by atoms with E-state index in [0.29, 0.717) is 24.7 Å². The Hall–Kier alpha value is -3.65. The summed E-state index contributed by atoms with van der Waals surface area (Å²) >= 11 is 0. The first-order chi connectivity index (χ1) is 16.6. The molecule has 1 amide bonds. The van der Waals surface area contributed by atoms with Crippen LogP contribution in [-0.4, -0.2) is 32.6 Å². The van der Waals surface area contributed by atoms with Gasteiger partial charge in [-0.3, -0.25) is 9.89 Å². The monoisotopic (exact) mass is 457 g/mol. The van der Waals surface area contributed by atoms with Crippen molar-refractivity contribution in [2.45, 2.75) is 38.1 Å². The number of aromatic nitrogens is 4. The fraction of sp³-hybridized carbons (Fsp3) is 0.346. The largest absolute Gasteiger partial charge is 0.382 e. The van der Waals surface area contributed by atoms with Crippen molar-refractivity contribution in [3.05, 3.63) is 66.1 Å². The minimum absolute atomic E-state index is 0.0312. The number of benzene rings is 2. The standard InChI is InChI=1S/C26H31N7O/c27-14-17-6-8-18(9-7-17)26(34)31-22(12-16-4-2-1-3-5-16)25-29-15-23(30-25)19-10-11-20-21(13-19)32-33-24(20)28/h1-5,10-11,13,15,17-18,22H,6-9,12,14,27H2,(H,29,30)(H,31,34)(H3,28,32,33). The Morgan fingerprint density at radius 1 is 1.12 bits per heavy atom. The molecule has 1 aliphatic carbocycles. The second-order valence-corrected chi connectivity index (χ2v) is 9.24. The second-order valence-electron chi connectivity index (χ2n) is 9.24. The van der Waals surface area contributed by atoms with Crippen molar-refractivity contribution in [3.8, 4) is 11.3 Å². The predicted octanol–water partition coefficient (Wildman–Crippen LogP) is 3.70. The van der Waals surface area contributed by atoms with Crippen LogP contribution < -0.4 is 16.8 Å². The van der Waals surface area contributed by atoms with Gasteiger partial charge in [0.2, 0.25) is 5.91 Å². The molecule has 2 aromatic heterocycles. The number of hydrogen-bond donors (Lipinski definition) is 5. The molecule has 5 rings (SSSR count). The summed E-state index contributed by atoms with van der Waals surface area (Å²) in [4.78, 5) is 21.4. The number of nitrogens with one attached hydrogen (secondary N) is 3. The van der Waals surface area contributed by atoms with E-state index in [2.05, 4.69) is 32.6 Å². The van der Waals surface area contributed by atoms with Crippen LogP contribution in [0.5, 0.6) is 0 Å². The van der Waals surface area contributed by atoms with E-state index in [-0.39, 0.29) is 17.9 Å². The summed E-state index contributed by atoms with van der Waals surface area (Å²) in [6.45, 7) is 0.705. The molecule has 0 spiro atoms. The van der Waals surface area contributed by atoms with E-state index in [1.54, 1.807) is 0 Å². The zero-order chi connectivity index (χ0) is 23.5. The molecule has 7 N–H and O–H groups in total. The molecule has 176 valence electrons. The fourth-order valence-electron chi connectivity index (χ4n) is 4.88. The highest BCUT2D eigenvalue weighted by molar-refractivity contribution is 5.91. The number of hydrogen-bond acceptors (Lipinski definition) is 5. The van der Waals surface area contributed by atoms with Gasteiger partial charge in [-0.2, -0.15) is 5.10 Å². The number of imidazole rings is 1. The number of carbonyl (C=O) groups is 1. The number of fused-ring (bicyclic) bond motifs is 1. The van der Waals surface area contributed by atoms with Crippen LogP contribution in [0.4, 0.5) is 5.82 Å². The summed E-state index contributed by atoms with van der Waals surface area (Å²) in [6, 6.07) is 15.8. The number of rotatable bonds is 7. The van der Waals surface area contributed by atoms with Crippen molar-refractivity contribution < 1.29 is 4.79 Å². The summed E-state index contributed by atoms with van der Waals surface area (Å²) in [5, 5.41) is 11.2. The molecule has 8 heteroatoms. The molecule has 0 bridgehead atoms. The lowest BCUT2D eigenvalue weighted by atomic mass is 9.81. The molecule has 0 aliphatic heterocycles. The Morgan fingerprint density at radius 2 is 1.91 bits per heavy atom. The maximum atomic E-state index is 13.2. The molecule has 1 unspecified atom stereocenters. The summed E-state index contributed by atoms with van der Waals surface area (Å²) in [5.74, 6) is 1.90. The van der Waals surface area contributed by atoms with Gasteiger partial charge in [-0.25, -0.2) is 4.98 Å². The third-order valence-corrected chi connectivity index (χ3v) is 6.97. The topological polar surface area (TPSA) is 138 Å². The first-order valence-electron chi connectivity index (χ1n) is 11.9. The smallest absolute Gasteiger partial charge is 0.223 e. The zero-order valence-corrected chi connectivity index (χ0v) is 19.1. The van der Waals surface area contributed by atoms with Gasteiger partial charge in [-0.1, -0.05) is 36.4 Å². The van der Waals surface area contributed by atoms with Gasteiger partial charge in [0.25, 0.3) is 0 Å². The van der Waals surface area contributed by atoms with Gasteiger partial charge >= 0.3 is 0 Å². The Morgan fingerprint density at radius 3 is 2.68 bits per heavy atom. The number of nitrogens with two attached hydrogens (primary N) is 2. The molecule has 0 saturated heterocycles. The van der Waals surface area contributed by atoms with E-state index in [4.69, 9.17) is 16.5 Å². The lowest BCUT2D eigenvalue weighted by Crippen LogP contribution is -2.37. The molecule has 1 atom stereocenters. The molecule has 34 heavy (non-hydrogen) atoms. The number of nitrogen functional groups attached to an aromatic ring is 1. The third kappa shape index (κ3) is 4.68. The van der Waals surface area contributed by atoms with Gasteiger partial charge in [-0.05, 0) is 62.3 Å². The number of anilines is 1. The first-order valence-corrected chi connectivity index (χ1v) is 11.9. The maximum Gasteiger partial charge on any atom is 0.223 e. The zero-order valence-electron chi connectivity index (χ0n) is 19.1. The van der Waals surface area contributed by atoms with Crippen LogP contribution >= 0.6 is 0 Å². The number of aromatic amines is 2. The summed E-state index contributed by atoms with van der Waals surface area (Å²) in [7, 11) is 0. The molecule has 8 nitrogen and oxygen atoms in total. The maximum absolute atomic E-state index is 13.2. The van der Waals surface area contributed by atoms with Crippen LogP contribution in [0.2, 0.25) is 0 Å². The van der Waals surface area contributed by atoms with Crippen LogP contribution in [0, 0.1) is 11.8 Å². The lowest BCUT2D eigenvalue weighted by molar-refractivity contribution is -0.127. The number of carbonyl (C=O) groups excluding carboxylic acids is 1. The SMILES string of the molecule is NCC1CCC(C(=O)NC(Cc2ccccc2)c2nc(-c3ccc4c(N)n[nH]c4c3)c[nH]2)CC1. The molecular formula is C26H31N7O. The van der Waals surface area contributed by atoms with Crippen molar-refractivity contribution in [2.24, 2.45) is 17.6 Å². The quantitative estimate of drug-likeness (QED) is 0.288. The minimum atomic E-state index is -0.248. The molecule has 1 fully saturated rings. The van der Waals surface area contributed by atoms with Crippen molar-refractivity contribution in [2.75, 3.05) is 12.3 Å². The van der Waals surface area contributed by atoms with E-state index >= 15 is 0 Å². The molecule has 1 aliphatic rings. The van der Waals surface area contributed by atoms with Gasteiger partial charge in [0.05, 0.1) is 17.3 Å². The average Bonchev–Trinajstić information content (AvgIpc) is 3.51. The highest BCUT2D eigenvalue weighted by Gasteiger charge is 2.28. The normalized spacial score (nSPS) is 19.2. The highest BCUT2D eigenvalue weighted by atomic mass is 16.1. The van der Waals surface area contributed by atoms with Crippen LogP contribution in [0.1, 0.15) is 43.1 Å². The van der Waals surface area contributed by atoms with Crippen molar-refractivity contribution in [3.63, 3.8) is 0 Å². The minimum Gasteiger partial charge on any atom is -0.382 e. The van der Waals surface area contributed by atoms with Gasteiger partial charge in [0.1, 0.15) is 5.82 Å². The number of nitrogens with zero attached hydrogens (tertiary/aromatic N) is 2. The van der Waals surface area contributed by atoms with Gasteiger partial charge in [-0.15, -0.1) is 0 Å². The predicted molar refractivity (Wildman–Crippen MR) is 134 cm³/mol. The van der Waals surface area contributed by atoms with Crippen molar-refractivity contribution in [1.82, 2.24) is 25.5 Å². The summed E-state index contributed by atoms with van der Waals surface area (Å²) < 4.78 is 0. The van der Waals surface area contributed by atoms with Crippen LogP contribution in [-0.2, 0) is 11.2 Å². The van der Waals surface area contributed by atoms with E-state index in [9.17, 15) is 4.79 Å². The highest BCUT2D eigenvalue weighted by Crippen LogP contribution is 2.30. The molecule has 1 saturated carbocycles. The van der Waals surface area contributed by atoms with E-state index in [1.807, 2.05) is 42.6 Å². The Bertz CT molecular complexity index is 1250. The van der Waals surface area contributed by atoms with Gasteiger partial charge < -0.3 is 21.8 Å². The third-order valence-electron chi connectivity index (χ3n) is 6.97. The molecule has 4 aromatic rings. The molecule has 2 aromatic carbocycles. The fourth-order valence-corrected chi connectivity index (χ4v) is 4.88. The van der Waals surface area contributed by atoms with Crippen molar-refractivity contribution in [1.29, 1.82) is 0 Å². The Kier molecular flexibility index (Phi) is 6.31. The Balaban J connectivity index is 1.37. The van der Waals surface area contributed by atoms with Crippen LogP contribution in [0.3, 0.4) is 0 Å². The summed E-state index contributed by atoms with van der Waals surface area (Å²) in [5.41, 5.74) is 15.5. The average molecular weight is 458 g/mol. The number of H-pyrrole nitrogens is 2. The van der Waals surface area contributed by atoms with Gasteiger partial charge in [0, 0.05) is 23.1 Å². The van der Waals surface area contributed by atoms with Crippen LogP contribution in [0.15, 0.2) is 54.7 Å².